The second-order valence-electron chi connectivity index (χ2n) is 5.17. The molecule has 0 atom stereocenters. The summed E-state index contributed by atoms with van der Waals surface area (Å²) < 4.78 is 0. The molecule has 0 aromatic heterocycles. The van der Waals surface area contributed by atoms with Gasteiger partial charge in [-0.25, -0.2) is 5.43 Å². The summed E-state index contributed by atoms with van der Waals surface area (Å²) in [7, 11) is 0. The summed E-state index contributed by atoms with van der Waals surface area (Å²) in [6.45, 7) is 0. The number of ketones is 1. The molecular weight excluding hydrogens is 413 g/mol. The molecule has 27 heavy (non-hydrogen) atoms. The van der Waals surface area contributed by atoms with E-state index in [0.29, 0.717) is 10.6 Å². The molecule has 2 aromatic carbocycles. The van der Waals surface area contributed by atoms with Crippen LogP contribution < -0.4 is 10.3 Å². The van der Waals surface area contributed by atoms with Crippen molar-refractivity contribution in [2.75, 3.05) is 16.7 Å². The highest BCUT2D eigenvalue weighted by molar-refractivity contribution is 6.33. The lowest BCUT2D eigenvalue weighted by atomic mass is 10.0. The average molecular weight is 427 g/mol. The zero-order chi connectivity index (χ0) is 19.8. The number of halogens is 3. The molecule has 0 fully saturated rings. The molecule has 0 saturated heterocycles. The van der Waals surface area contributed by atoms with Gasteiger partial charge in [-0.3, -0.25) is 19.3 Å². The number of rotatable bonds is 7. The number of hydrogen-bond acceptors (Lipinski definition) is 4. The highest BCUT2D eigenvalue weighted by Gasteiger charge is 2.21. The zero-order valence-corrected chi connectivity index (χ0v) is 16.1. The topological polar surface area (TPSA) is 78.8 Å². The quantitative estimate of drug-likeness (QED) is 0.242. The Morgan fingerprint density at radius 3 is 2.37 bits per heavy atom. The molecule has 9 heteroatoms. The summed E-state index contributed by atoms with van der Waals surface area (Å²) in [5.41, 5.74) is 2.98. The van der Waals surface area contributed by atoms with Crippen molar-refractivity contribution in [3.8, 4) is 0 Å². The normalized spacial score (nSPS) is 10.6. The van der Waals surface area contributed by atoms with Crippen molar-refractivity contribution in [2.24, 2.45) is 5.10 Å². The Morgan fingerprint density at radius 1 is 1.04 bits per heavy atom. The van der Waals surface area contributed by atoms with Crippen LogP contribution in [0.25, 0.3) is 0 Å². The molecule has 0 radical (unpaired) electrons. The highest BCUT2D eigenvalue weighted by atomic mass is 35.5. The number of nitrogens with one attached hydrogen (secondary N) is 1. The molecule has 2 amide bonds. The van der Waals surface area contributed by atoms with Gasteiger partial charge in [0.1, 0.15) is 18.1 Å². The van der Waals surface area contributed by atoms with Crippen LogP contribution in [0.5, 0.6) is 0 Å². The lowest BCUT2D eigenvalue weighted by Crippen LogP contribution is -2.33. The van der Waals surface area contributed by atoms with Crippen LogP contribution in [0.2, 0.25) is 5.02 Å². The molecule has 0 aliphatic rings. The van der Waals surface area contributed by atoms with Gasteiger partial charge in [-0.2, -0.15) is 5.10 Å². The minimum atomic E-state index is -0.553. The predicted molar refractivity (Wildman–Crippen MR) is 107 cm³/mol. The first-order valence-electron chi connectivity index (χ1n) is 7.63. The van der Waals surface area contributed by atoms with Gasteiger partial charge >= 0.3 is 0 Å². The fourth-order valence-corrected chi connectivity index (χ4v) is 2.52. The summed E-state index contributed by atoms with van der Waals surface area (Å²) >= 11 is 17.1. The van der Waals surface area contributed by atoms with Gasteiger partial charge in [-0.15, -0.1) is 23.2 Å². The van der Waals surface area contributed by atoms with Crippen molar-refractivity contribution in [2.45, 2.75) is 0 Å². The number of anilines is 1. The van der Waals surface area contributed by atoms with E-state index in [2.05, 4.69) is 10.5 Å². The lowest BCUT2D eigenvalue weighted by molar-refractivity contribution is -0.119. The van der Waals surface area contributed by atoms with E-state index >= 15 is 0 Å². The van der Waals surface area contributed by atoms with Crippen molar-refractivity contribution in [3.63, 3.8) is 0 Å². The molecule has 140 valence electrons. The van der Waals surface area contributed by atoms with E-state index in [1.807, 2.05) is 0 Å². The van der Waals surface area contributed by atoms with Gasteiger partial charge in [0, 0.05) is 16.1 Å². The van der Waals surface area contributed by atoms with E-state index in [4.69, 9.17) is 34.8 Å². The molecule has 0 unspecified atom stereocenters. The zero-order valence-electron chi connectivity index (χ0n) is 13.9. The molecule has 0 heterocycles. The van der Waals surface area contributed by atoms with Crippen LogP contribution in [0, 0.1) is 0 Å². The van der Waals surface area contributed by atoms with Crippen molar-refractivity contribution in [1.29, 1.82) is 0 Å². The number of alkyl halides is 2. The monoisotopic (exact) mass is 425 g/mol. The Hall–Kier alpha value is -2.41. The molecular formula is C18H14Cl3N3O3. The summed E-state index contributed by atoms with van der Waals surface area (Å²) in [5, 5.41) is 4.00. The number of nitrogens with zero attached hydrogens (tertiary/aromatic N) is 2. The standard InChI is InChI=1S/C18H14Cl3N3O3/c19-9-16(25)23-22-11-24(17(26)10-20)15-7-6-13(21)8-14(15)18(27)12-4-2-1-3-5-12/h1-8,11H,9-10H2,(H,23,25)/b22-11-. The molecule has 1 N–H and O–H groups in total. The summed E-state index contributed by atoms with van der Waals surface area (Å²) in [5.74, 6) is -2.09. The summed E-state index contributed by atoms with van der Waals surface area (Å²) in [6.07, 6.45) is 1.06. The first-order chi connectivity index (χ1) is 13.0. The molecule has 2 rings (SSSR count). The molecule has 0 aliphatic carbocycles. The van der Waals surface area contributed by atoms with Crippen LogP contribution >= 0.6 is 34.8 Å². The predicted octanol–water partition coefficient (Wildman–Crippen LogP) is 3.44. The van der Waals surface area contributed by atoms with Crippen LogP contribution in [-0.2, 0) is 9.59 Å². The van der Waals surface area contributed by atoms with Gasteiger partial charge in [0.2, 0.25) is 5.91 Å². The second-order valence-corrected chi connectivity index (χ2v) is 6.14. The minimum absolute atomic E-state index is 0.183. The van der Waals surface area contributed by atoms with Gasteiger partial charge in [0.15, 0.2) is 5.78 Å². The van der Waals surface area contributed by atoms with E-state index in [1.165, 1.54) is 18.2 Å². The van der Waals surface area contributed by atoms with Crippen molar-refractivity contribution in [3.05, 3.63) is 64.7 Å². The van der Waals surface area contributed by atoms with Crippen LogP contribution in [0.1, 0.15) is 15.9 Å². The second kappa shape index (κ2) is 10.1. The van der Waals surface area contributed by atoms with Crippen molar-refractivity contribution < 1.29 is 14.4 Å². The maximum atomic E-state index is 12.9. The Kier molecular flexibility index (Phi) is 7.79. The maximum Gasteiger partial charge on any atom is 0.255 e. The molecule has 2 aromatic rings. The molecule has 0 aliphatic heterocycles. The number of benzene rings is 2. The fraction of sp³-hybridized carbons (Fsp3) is 0.111. The van der Waals surface area contributed by atoms with Crippen LogP contribution in [0.4, 0.5) is 5.69 Å². The smallest absolute Gasteiger partial charge is 0.255 e. The van der Waals surface area contributed by atoms with E-state index in [9.17, 15) is 14.4 Å². The van der Waals surface area contributed by atoms with E-state index < -0.39 is 11.8 Å². The number of amides is 2. The van der Waals surface area contributed by atoms with E-state index in [1.54, 1.807) is 30.3 Å². The van der Waals surface area contributed by atoms with Crippen molar-refractivity contribution in [1.82, 2.24) is 5.43 Å². The first-order valence-corrected chi connectivity index (χ1v) is 9.08. The Balaban J connectivity index is 2.48. The fourth-order valence-electron chi connectivity index (χ4n) is 2.16. The summed E-state index contributed by atoms with van der Waals surface area (Å²) in [6, 6.07) is 13.0. The van der Waals surface area contributed by atoms with Crippen molar-refractivity contribution >= 4 is 64.4 Å². The van der Waals surface area contributed by atoms with Gasteiger partial charge in [-0.1, -0.05) is 41.9 Å². The number of hydrogen-bond donors (Lipinski definition) is 1. The average Bonchev–Trinajstić information content (AvgIpc) is 2.70. The third kappa shape index (κ3) is 5.53. The van der Waals surface area contributed by atoms with Gasteiger partial charge in [-0.05, 0) is 18.2 Å². The molecule has 0 bridgehead atoms. The molecule has 0 saturated carbocycles. The van der Waals surface area contributed by atoms with E-state index in [-0.39, 0.29) is 28.8 Å². The number of carbonyl (C=O) groups excluding carboxylic acids is 3. The van der Waals surface area contributed by atoms with Crippen LogP contribution in [-0.4, -0.2) is 35.7 Å². The third-order valence-corrected chi connectivity index (χ3v) is 4.07. The minimum Gasteiger partial charge on any atom is -0.289 e. The maximum absolute atomic E-state index is 12.9. The Morgan fingerprint density at radius 2 is 1.74 bits per heavy atom. The number of hydrazone groups is 1. The van der Waals surface area contributed by atoms with Gasteiger partial charge < -0.3 is 0 Å². The first kappa shape index (κ1) is 20.9. The number of carbonyl (C=O) groups is 3. The summed E-state index contributed by atoms with van der Waals surface area (Å²) in [4.78, 5) is 37.5. The highest BCUT2D eigenvalue weighted by Crippen LogP contribution is 2.26. The molecule has 6 nitrogen and oxygen atoms in total. The SMILES string of the molecule is O=C(CCl)N/N=C\N(C(=O)CCl)c1ccc(Cl)cc1C(=O)c1ccccc1. The van der Waals surface area contributed by atoms with Crippen LogP contribution in [0.3, 0.4) is 0 Å². The Bertz CT molecular complexity index is 873. The largest absolute Gasteiger partial charge is 0.289 e. The molecule has 0 spiro atoms. The van der Waals surface area contributed by atoms with Crippen LogP contribution in [0.15, 0.2) is 53.6 Å². The van der Waals surface area contributed by atoms with Gasteiger partial charge in [0.05, 0.1) is 5.69 Å². The Labute approximate surface area is 170 Å². The third-order valence-electron chi connectivity index (χ3n) is 3.37. The van der Waals surface area contributed by atoms with E-state index in [0.717, 1.165) is 11.2 Å². The van der Waals surface area contributed by atoms with Gasteiger partial charge in [0.25, 0.3) is 5.91 Å². The lowest BCUT2D eigenvalue weighted by Gasteiger charge is -2.20.